The standard InChI is InChI=1S/C12H25NO/c1-5-13-11-7-6-8-12(11)14-10(4)9(2)3/h9-13H,5-8H2,1-4H3. The predicted molar refractivity (Wildman–Crippen MR) is 60.5 cm³/mol. The molecule has 1 aliphatic rings. The third-order valence-electron chi connectivity index (χ3n) is 3.25. The van der Waals surface area contributed by atoms with Crippen LogP contribution in [-0.4, -0.2) is 24.8 Å². The molecule has 0 heterocycles. The van der Waals surface area contributed by atoms with Crippen molar-refractivity contribution in [2.24, 2.45) is 5.92 Å². The molecule has 1 fully saturated rings. The molecule has 0 amide bonds. The first-order valence-electron chi connectivity index (χ1n) is 6.04. The van der Waals surface area contributed by atoms with Crippen molar-refractivity contribution in [1.29, 1.82) is 0 Å². The molecule has 3 unspecified atom stereocenters. The van der Waals surface area contributed by atoms with Crippen LogP contribution in [0, 0.1) is 5.92 Å². The van der Waals surface area contributed by atoms with Crippen molar-refractivity contribution in [3.8, 4) is 0 Å². The summed E-state index contributed by atoms with van der Waals surface area (Å²) in [7, 11) is 0. The second-order valence-electron chi connectivity index (χ2n) is 4.72. The summed E-state index contributed by atoms with van der Waals surface area (Å²) >= 11 is 0. The lowest BCUT2D eigenvalue weighted by atomic mass is 10.1. The number of nitrogens with one attached hydrogen (secondary N) is 1. The number of hydrogen-bond acceptors (Lipinski definition) is 2. The van der Waals surface area contributed by atoms with Gasteiger partial charge in [-0.3, -0.25) is 0 Å². The summed E-state index contributed by atoms with van der Waals surface area (Å²) in [4.78, 5) is 0. The van der Waals surface area contributed by atoms with Crippen molar-refractivity contribution < 1.29 is 4.74 Å². The number of rotatable bonds is 5. The molecule has 3 atom stereocenters. The Morgan fingerprint density at radius 1 is 1.29 bits per heavy atom. The van der Waals surface area contributed by atoms with E-state index in [1.54, 1.807) is 0 Å². The molecule has 0 aromatic heterocycles. The van der Waals surface area contributed by atoms with Gasteiger partial charge in [0.2, 0.25) is 0 Å². The van der Waals surface area contributed by atoms with Crippen LogP contribution in [0.5, 0.6) is 0 Å². The zero-order valence-electron chi connectivity index (χ0n) is 10.0. The van der Waals surface area contributed by atoms with Gasteiger partial charge in [-0.25, -0.2) is 0 Å². The lowest BCUT2D eigenvalue weighted by Gasteiger charge is -2.26. The molecular formula is C12H25NO. The third-order valence-corrected chi connectivity index (χ3v) is 3.25. The average molecular weight is 199 g/mol. The van der Waals surface area contributed by atoms with Crippen LogP contribution < -0.4 is 5.32 Å². The average Bonchev–Trinajstić information content (AvgIpc) is 2.53. The minimum absolute atomic E-state index is 0.388. The van der Waals surface area contributed by atoms with E-state index in [0.717, 1.165) is 6.54 Å². The van der Waals surface area contributed by atoms with E-state index in [-0.39, 0.29) is 0 Å². The Morgan fingerprint density at radius 3 is 2.57 bits per heavy atom. The lowest BCUT2D eigenvalue weighted by Crippen LogP contribution is -2.39. The van der Waals surface area contributed by atoms with Crippen molar-refractivity contribution in [3.05, 3.63) is 0 Å². The molecule has 14 heavy (non-hydrogen) atoms. The maximum absolute atomic E-state index is 6.08. The maximum atomic E-state index is 6.08. The fourth-order valence-electron chi connectivity index (χ4n) is 2.02. The molecular weight excluding hydrogens is 174 g/mol. The Kier molecular flexibility index (Phi) is 4.90. The van der Waals surface area contributed by atoms with Gasteiger partial charge in [0.1, 0.15) is 0 Å². The summed E-state index contributed by atoms with van der Waals surface area (Å²) in [6.07, 6.45) is 4.66. The summed E-state index contributed by atoms with van der Waals surface area (Å²) in [6.45, 7) is 9.86. The molecule has 2 nitrogen and oxygen atoms in total. The largest absolute Gasteiger partial charge is 0.373 e. The highest BCUT2D eigenvalue weighted by atomic mass is 16.5. The second-order valence-corrected chi connectivity index (χ2v) is 4.72. The van der Waals surface area contributed by atoms with Crippen LogP contribution in [0.4, 0.5) is 0 Å². The van der Waals surface area contributed by atoms with Crippen LogP contribution in [0.1, 0.15) is 47.0 Å². The molecule has 0 aliphatic heterocycles. The van der Waals surface area contributed by atoms with Gasteiger partial charge in [-0.15, -0.1) is 0 Å². The number of likely N-dealkylation sites (N-methyl/N-ethyl adjacent to an activating group) is 1. The van der Waals surface area contributed by atoms with Crippen LogP contribution >= 0.6 is 0 Å². The van der Waals surface area contributed by atoms with Gasteiger partial charge >= 0.3 is 0 Å². The number of ether oxygens (including phenoxy) is 1. The number of hydrogen-bond donors (Lipinski definition) is 1. The van der Waals surface area contributed by atoms with Crippen LogP contribution in [-0.2, 0) is 4.74 Å². The topological polar surface area (TPSA) is 21.3 Å². The Hall–Kier alpha value is -0.0800. The summed E-state index contributed by atoms with van der Waals surface area (Å²) in [5.74, 6) is 0.623. The highest BCUT2D eigenvalue weighted by Crippen LogP contribution is 2.24. The highest BCUT2D eigenvalue weighted by molar-refractivity contribution is 4.84. The van der Waals surface area contributed by atoms with Gasteiger partial charge in [-0.05, 0) is 38.6 Å². The van der Waals surface area contributed by atoms with Crippen LogP contribution in [0.25, 0.3) is 0 Å². The monoisotopic (exact) mass is 199 g/mol. The smallest absolute Gasteiger partial charge is 0.0731 e. The van der Waals surface area contributed by atoms with Gasteiger partial charge in [0, 0.05) is 6.04 Å². The predicted octanol–water partition coefficient (Wildman–Crippen LogP) is 2.58. The molecule has 0 bridgehead atoms. The molecule has 0 aromatic carbocycles. The normalized spacial score (nSPS) is 29.8. The Bertz CT molecular complexity index is 158. The van der Waals surface area contributed by atoms with Crippen LogP contribution in [0.15, 0.2) is 0 Å². The van der Waals surface area contributed by atoms with Crippen molar-refractivity contribution in [2.75, 3.05) is 6.54 Å². The Labute approximate surface area is 88.4 Å². The van der Waals surface area contributed by atoms with Gasteiger partial charge in [-0.2, -0.15) is 0 Å². The molecule has 1 aliphatic carbocycles. The molecule has 1 N–H and O–H groups in total. The molecule has 2 heteroatoms. The van der Waals surface area contributed by atoms with E-state index in [1.807, 2.05) is 0 Å². The minimum Gasteiger partial charge on any atom is -0.373 e. The molecule has 1 saturated carbocycles. The van der Waals surface area contributed by atoms with Gasteiger partial charge in [0.05, 0.1) is 12.2 Å². The fraction of sp³-hybridized carbons (Fsp3) is 1.00. The summed E-state index contributed by atoms with van der Waals surface area (Å²) < 4.78 is 6.08. The van der Waals surface area contributed by atoms with Crippen molar-refractivity contribution in [3.63, 3.8) is 0 Å². The van der Waals surface area contributed by atoms with Crippen LogP contribution in [0.2, 0.25) is 0 Å². The van der Waals surface area contributed by atoms with Crippen molar-refractivity contribution in [1.82, 2.24) is 5.32 Å². The molecule has 0 radical (unpaired) electrons. The SMILES string of the molecule is CCNC1CCCC1OC(C)C(C)C. The van der Waals surface area contributed by atoms with Crippen LogP contribution in [0.3, 0.4) is 0 Å². The molecule has 0 spiro atoms. The van der Waals surface area contributed by atoms with E-state index in [1.165, 1.54) is 19.3 Å². The minimum atomic E-state index is 0.388. The first-order valence-corrected chi connectivity index (χ1v) is 6.04. The van der Waals surface area contributed by atoms with E-state index in [9.17, 15) is 0 Å². The van der Waals surface area contributed by atoms with Gasteiger partial charge < -0.3 is 10.1 Å². The quantitative estimate of drug-likeness (QED) is 0.735. The maximum Gasteiger partial charge on any atom is 0.0731 e. The zero-order chi connectivity index (χ0) is 10.6. The van der Waals surface area contributed by atoms with E-state index in [4.69, 9.17) is 4.74 Å². The zero-order valence-corrected chi connectivity index (χ0v) is 10.0. The Morgan fingerprint density at radius 2 is 2.00 bits per heavy atom. The van der Waals surface area contributed by atoms with Gasteiger partial charge in [0.15, 0.2) is 0 Å². The van der Waals surface area contributed by atoms with E-state index in [2.05, 4.69) is 33.0 Å². The third kappa shape index (κ3) is 3.25. The van der Waals surface area contributed by atoms with E-state index < -0.39 is 0 Å². The van der Waals surface area contributed by atoms with E-state index >= 15 is 0 Å². The van der Waals surface area contributed by atoms with Crippen molar-refractivity contribution >= 4 is 0 Å². The lowest BCUT2D eigenvalue weighted by molar-refractivity contribution is -0.0329. The first-order chi connectivity index (χ1) is 6.65. The first kappa shape index (κ1) is 12.0. The molecule has 84 valence electrons. The van der Waals surface area contributed by atoms with Gasteiger partial charge in [-0.1, -0.05) is 20.8 Å². The molecule has 0 saturated heterocycles. The second kappa shape index (κ2) is 5.72. The molecule has 1 rings (SSSR count). The Balaban J connectivity index is 2.35. The fourth-order valence-corrected chi connectivity index (χ4v) is 2.02. The summed E-state index contributed by atoms with van der Waals surface area (Å²) in [5.41, 5.74) is 0. The van der Waals surface area contributed by atoms with Crippen molar-refractivity contribution in [2.45, 2.75) is 65.2 Å². The molecule has 0 aromatic rings. The van der Waals surface area contributed by atoms with Gasteiger partial charge in [0.25, 0.3) is 0 Å². The summed E-state index contributed by atoms with van der Waals surface area (Å²) in [5, 5.41) is 3.51. The summed E-state index contributed by atoms with van der Waals surface area (Å²) in [6, 6.07) is 0.598. The van der Waals surface area contributed by atoms with E-state index in [0.29, 0.717) is 24.2 Å². The highest BCUT2D eigenvalue weighted by Gasteiger charge is 2.28.